The number of hydrogen-bond donors (Lipinski definition) is 1. The number of rotatable bonds is 3. The van der Waals surface area contributed by atoms with Crippen LogP contribution in [0.5, 0.6) is 0 Å². The van der Waals surface area contributed by atoms with Gasteiger partial charge in [-0.1, -0.05) is 71.0 Å². The van der Waals surface area contributed by atoms with E-state index in [0.29, 0.717) is 21.3 Å². The summed E-state index contributed by atoms with van der Waals surface area (Å²) in [6, 6.07) is 19.1. The van der Waals surface area contributed by atoms with Crippen LogP contribution in [0.4, 0.5) is 5.13 Å². The number of Topliss-reactive ketones (excluding diaryl/α,β-unsaturated/α-hetero) is 1. The van der Waals surface area contributed by atoms with Crippen molar-refractivity contribution in [2.45, 2.75) is 19.9 Å². The molecule has 3 aromatic carbocycles. The van der Waals surface area contributed by atoms with Gasteiger partial charge in [-0.3, -0.25) is 14.5 Å². The molecule has 1 amide bonds. The molecular weight excluding hydrogens is 456 g/mol. The van der Waals surface area contributed by atoms with E-state index in [1.54, 1.807) is 36.4 Å². The van der Waals surface area contributed by atoms with Gasteiger partial charge in [0.1, 0.15) is 5.76 Å². The molecule has 7 heteroatoms. The van der Waals surface area contributed by atoms with Crippen LogP contribution in [0, 0.1) is 13.8 Å². The third-order valence-corrected chi connectivity index (χ3v) is 6.96. The Balaban J connectivity index is 1.73. The Morgan fingerprint density at radius 1 is 0.970 bits per heavy atom. The minimum absolute atomic E-state index is 0.0293. The van der Waals surface area contributed by atoms with Gasteiger partial charge in [0.15, 0.2) is 5.13 Å². The molecule has 0 aliphatic carbocycles. The fourth-order valence-corrected chi connectivity index (χ4v) is 5.20. The molecule has 1 aliphatic heterocycles. The average molecular weight is 475 g/mol. The van der Waals surface area contributed by atoms with E-state index in [4.69, 9.17) is 11.6 Å². The van der Waals surface area contributed by atoms with Gasteiger partial charge in [-0.2, -0.15) is 0 Å². The Kier molecular flexibility index (Phi) is 5.27. The predicted molar refractivity (Wildman–Crippen MR) is 132 cm³/mol. The molecule has 1 fully saturated rings. The van der Waals surface area contributed by atoms with E-state index in [9.17, 15) is 14.7 Å². The standard InChI is InChI=1S/C26H19ClN2O3S/c1-14-3-6-17(7-4-14)23(30)21-22(16-8-10-18(27)11-9-16)29(25(32)24(21)31)26-28-19-12-5-15(2)13-20(19)33-26/h3-13,22,30H,1-2H3/b23-21+/t22-/m0/s1. The van der Waals surface area contributed by atoms with Crippen LogP contribution in [0.3, 0.4) is 0 Å². The number of hydrogen-bond acceptors (Lipinski definition) is 5. The fourth-order valence-electron chi connectivity index (χ4n) is 3.98. The Morgan fingerprint density at radius 3 is 2.33 bits per heavy atom. The summed E-state index contributed by atoms with van der Waals surface area (Å²) in [6.45, 7) is 3.92. The summed E-state index contributed by atoms with van der Waals surface area (Å²) in [6.07, 6.45) is 0. The second kappa shape index (κ2) is 8.14. The van der Waals surface area contributed by atoms with Gasteiger partial charge >= 0.3 is 5.91 Å². The molecule has 1 aliphatic rings. The molecule has 0 radical (unpaired) electrons. The average Bonchev–Trinajstić information content (AvgIpc) is 3.32. The number of carbonyl (C=O) groups excluding carboxylic acids is 2. The summed E-state index contributed by atoms with van der Waals surface area (Å²) in [4.78, 5) is 32.5. The summed E-state index contributed by atoms with van der Waals surface area (Å²) in [7, 11) is 0. The van der Waals surface area contributed by atoms with Gasteiger partial charge in [-0.15, -0.1) is 0 Å². The molecule has 0 unspecified atom stereocenters. The minimum Gasteiger partial charge on any atom is -0.507 e. The largest absolute Gasteiger partial charge is 0.507 e. The number of carbonyl (C=O) groups is 2. The van der Waals surface area contributed by atoms with Gasteiger partial charge in [-0.05, 0) is 49.2 Å². The van der Waals surface area contributed by atoms with Gasteiger partial charge in [0.25, 0.3) is 5.78 Å². The van der Waals surface area contributed by atoms with E-state index >= 15 is 0 Å². The van der Waals surface area contributed by atoms with E-state index in [1.807, 2.05) is 44.2 Å². The summed E-state index contributed by atoms with van der Waals surface area (Å²) in [5.41, 5.74) is 4.00. The summed E-state index contributed by atoms with van der Waals surface area (Å²) in [5, 5.41) is 12.1. The summed E-state index contributed by atoms with van der Waals surface area (Å²) < 4.78 is 0.917. The molecule has 1 aromatic heterocycles. The van der Waals surface area contributed by atoms with E-state index in [1.165, 1.54) is 16.2 Å². The molecule has 0 spiro atoms. The summed E-state index contributed by atoms with van der Waals surface area (Å²) in [5.74, 6) is -1.68. The number of benzene rings is 3. The van der Waals surface area contributed by atoms with Gasteiger partial charge in [0.2, 0.25) is 0 Å². The van der Waals surface area contributed by atoms with E-state index in [-0.39, 0.29) is 11.3 Å². The van der Waals surface area contributed by atoms with Gasteiger partial charge in [0.05, 0.1) is 21.8 Å². The van der Waals surface area contributed by atoms with Crippen molar-refractivity contribution in [2.75, 3.05) is 4.90 Å². The summed E-state index contributed by atoms with van der Waals surface area (Å²) >= 11 is 7.43. The number of aromatic nitrogens is 1. The highest BCUT2D eigenvalue weighted by molar-refractivity contribution is 7.22. The van der Waals surface area contributed by atoms with Crippen LogP contribution >= 0.6 is 22.9 Å². The van der Waals surface area contributed by atoms with Crippen molar-refractivity contribution in [1.82, 2.24) is 4.98 Å². The SMILES string of the molecule is Cc1ccc(/C(O)=C2\C(=O)C(=O)N(c3nc4ccc(C)cc4s3)[C@H]2c2ccc(Cl)cc2)cc1. The molecule has 2 heterocycles. The quantitative estimate of drug-likeness (QED) is 0.218. The van der Waals surface area contributed by atoms with Crippen molar-refractivity contribution in [3.63, 3.8) is 0 Å². The van der Waals surface area contributed by atoms with Crippen LogP contribution in [0.25, 0.3) is 16.0 Å². The van der Waals surface area contributed by atoms with Crippen LogP contribution in [0.2, 0.25) is 5.02 Å². The monoisotopic (exact) mass is 474 g/mol. The Bertz CT molecular complexity index is 1440. The first-order valence-corrected chi connectivity index (χ1v) is 11.5. The number of ketones is 1. The van der Waals surface area contributed by atoms with Gasteiger partial charge in [-0.25, -0.2) is 4.98 Å². The normalized spacial score (nSPS) is 17.8. The number of halogens is 1. The van der Waals surface area contributed by atoms with Crippen LogP contribution in [0.1, 0.15) is 28.3 Å². The molecule has 4 aromatic rings. The predicted octanol–water partition coefficient (Wildman–Crippen LogP) is 6.19. The van der Waals surface area contributed by atoms with Crippen molar-refractivity contribution >= 4 is 55.7 Å². The van der Waals surface area contributed by atoms with Crippen LogP contribution < -0.4 is 4.90 Å². The van der Waals surface area contributed by atoms with Crippen LogP contribution in [-0.4, -0.2) is 21.8 Å². The van der Waals surface area contributed by atoms with E-state index < -0.39 is 17.7 Å². The first-order valence-electron chi connectivity index (χ1n) is 10.3. The zero-order chi connectivity index (χ0) is 23.3. The Labute approximate surface area is 199 Å². The number of amides is 1. The minimum atomic E-state index is -0.828. The molecule has 0 saturated carbocycles. The highest BCUT2D eigenvalue weighted by Gasteiger charge is 2.48. The molecule has 164 valence electrons. The third-order valence-electron chi connectivity index (χ3n) is 5.69. The maximum atomic E-state index is 13.3. The van der Waals surface area contributed by atoms with E-state index in [2.05, 4.69) is 4.98 Å². The zero-order valence-electron chi connectivity index (χ0n) is 17.9. The third kappa shape index (κ3) is 3.71. The van der Waals surface area contributed by atoms with Crippen molar-refractivity contribution in [2.24, 2.45) is 0 Å². The number of anilines is 1. The second-order valence-corrected chi connectivity index (χ2v) is 9.50. The lowest BCUT2D eigenvalue weighted by Gasteiger charge is -2.23. The van der Waals surface area contributed by atoms with Crippen molar-refractivity contribution in [3.05, 3.63) is 99.6 Å². The maximum Gasteiger partial charge on any atom is 0.301 e. The van der Waals surface area contributed by atoms with Gasteiger partial charge in [0, 0.05) is 10.6 Å². The second-order valence-electron chi connectivity index (χ2n) is 8.05. The molecule has 33 heavy (non-hydrogen) atoms. The lowest BCUT2D eigenvalue weighted by Crippen LogP contribution is -2.29. The zero-order valence-corrected chi connectivity index (χ0v) is 19.4. The Hall–Kier alpha value is -3.48. The Morgan fingerprint density at radius 2 is 1.64 bits per heavy atom. The highest BCUT2D eigenvalue weighted by Crippen LogP contribution is 2.44. The van der Waals surface area contributed by atoms with Gasteiger partial charge < -0.3 is 5.11 Å². The van der Waals surface area contributed by atoms with Crippen molar-refractivity contribution < 1.29 is 14.7 Å². The van der Waals surface area contributed by atoms with E-state index in [0.717, 1.165) is 21.3 Å². The van der Waals surface area contributed by atoms with Crippen molar-refractivity contribution in [1.29, 1.82) is 0 Å². The molecule has 1 N–H and O–H groups in total. The topological polar surface area (TPSA) is 70.5 Å². The molecular formula is C26H19ClN2O3S. The highest BCUT2D eigenvalue weighted by atomic mass is 35.5. The number of aliphatic hydroxyl groups excluding tert-OH is 1. The number of fused-ring (bicyclic) bond motifs is 1. The fraction of sp³-hybridized carbons (Fsp3) is 0.115. The molecule has 1 saturated heterocycles. The molecule has 1 atom stereocenters. The number of aliphatic hydroxyl groups is 1. The first kappa shape index (κ1) is 21.4. The smallest absolute Gasteiger partial charge is 0.301 e. The number of thiazole rings is 1. The molecule has 5 rings (SSSR count). The van der Waals surface area contributed by atoms with Crippen LogP contribution in [0.15, 0.2) is 72.3 Å². The lowest BCUT2D eigenvalue weighted by molar-refractivity contribution is -0.132. The number of nitrogens with zero attached hydrogens (tertiary/aromatic N) is 2. The van der Waals surface area contributed by atoms with Crippen LogP contribution in [-0.2, 0) is 9.59 Å². The number of aryl methyl sites for hydroxylation is 2. The molecule has 0 bridgehead atoms. The first-order chi connectivity index (χ1) is 15.8. The molecule has 5 nitrogen and oxygen atoms in total. The van der Waals surface area contributed by atoms with Crippen molar-refractivity contribution in [3.8, 4) is 0 Å². The lowest BCUT2D eigenvalue weighted by atomic mass is 9.95. The maximum absolute atomic E-state index is 13.3.